The predicted octanol–water partition coefficient (Wildman–Crippen LogP) is 2.03. The zero-order valence-corrected chi connectivity index (χ0v) is 9.37. The Morgan fingerprint density at radius 2 is 2.43 bits per heavy atom. The molecule has 1 heterocycles. The van der Waals surface area contributed by atoms with E-state index in [0.717, 1.165) is 10.2 Å². The molecule has 1 atom stereocenters. The molecule has 1 unspecified atom stereocenters. The highest BCUT2D eigenvalue weighted by molar-refractivity contribution is 9.10. The van der Waals surface area contributed by atoms with Gasteiger partial charge in [-0.3, -0.25) is 4.98 Å². The van der Waals surface area contributed by atoms with Crippen LogP contribution in [0.15, 0.2) is 22.9 Å². The molecule has 1 fully saturated rings. The van der Waals surface area contributed by atoms with Gasteiger partial charge in [-0.25, -0.2) is 0 Å². The molecule has 1 aromatic heterocycles. The lowest BCUT2D eigenvalue weighted by Gasteiger charge is -2.12. The number of halogens is 1. The van der Waals surface area contributed by atoms with Gasteiger partial charge in [0.2, 0.25) is 0 Å². The first-order valence-electron chi connectivity index (χ1n) is 4.79. The second-order valence-electron chi connectivity index (χ2n) is 3.64. The van der Waals surface area contributed by atoms with Crippen molar-refractivity contribution in [2.75, 3.05) is 11.9 Å². The van der Waals surface area contributed by atoms with E-state index in [-0.39, 0.29) is 6.10 Å². The molecule has 0 amide bonds. The van der Waals surface area contributed by atoms with Crippen molar-refractivity contribution >= 4 is 21.6 Å². The summed E-state index contributed by atoms with van der Waals surface area (Å²) in [6, 6.07) is 1.89. The molecule has 0 spiro atoms. The molecular weight excluding hydrogens is 244 g/mol. The van der Waals surface area contributed by atoms with Gasteiger partial charge in [-0.1, -0.05) is 0 Å². The first kappa shape index (κ1) is 9.93. The van der Waals surface area contributed by atoms with E-state index in [9.17, 15) is 5.11 Å². The fraction of sp³-hybridized carbons (Fsp3) is 0.500. The van der Waals surface area contributed by atoms with E-state index in [1.807, 2.05) is 6.07 Å². The maximum atomic E-state index is 9.65. The minimum absolute atomic E-state index is 0.213. The molecular formula is C10H13BrN2O. The summed E-state index contributed by atoms with van der Waals surface area (Å²) in [5.74, 6) is 0.517. The van der Waals surface area contributed by atoms with Crippen LogP contribution >= 0.6 is 15.9 Å². The maximum absolute atomic E-state index is 9.65. The summed E-state index contributed by atoms with van der Waals surface area (Å²) in [5, 5.41) is 12.8. The lowest BCUT2D eigenvalue weighted by molar-refractivity contribution is 0.164. The lowest BCUT2D eigenvalue weighted by Crippen LogP contribution is -2.21. The summed E-state index contributed by atoms with van der Waals surface area (Å²) < 4.78 is 0.933. The van der Waals surface area contributed by atoms with Crippen LogP contribution < -0.4 is 5.32 Å². The van der Waals surface area contributed by atoms with Crippen LogP contribution in [-0.2, 0) is 0 Å². The topological polar surface area (TPSA) is 45.1 Å². The number of pyridine rings is 1. The third-order valence-electron chi connectivity index (χ3n) is 2.44. The second kappa shape index (κ2) is 4.28. The zero-order chi connectivity index (χ0) is 9.97. The van der Waals surface area contributed by atoms with Gasteiger partial charge in [-0.15, -0.1) is 0 Å². The van der Waals surface area contributed by atoms with E-state index in [1.165, 1.54) is 12.8 Å². The molecule has 3 nitrogen and oxygen atoms in total. The SMILES string of the molecule is OC(CNc1ccncc1Br)C1CC1. The third kappa shape index (κ3) is 2.45. The van der Waals surface area contributed by atoms with Crippen molar-refractivity contribution in [3.63, 3.8) is 0 Å². The molecule has 14 heavy (non-hydrogen) atoms. The number of hydrogen-bond acceptors (Lipinski definition) is 3. The van der Waals surface area contributed by atoms with Crippen LogP contribution in [-0.4, -0.2) is 22.7 Å². The van der Waals surface area contributed by atoms with E-state index in [2.05, 4.69) is 26.2 Å². The average molecular weight is 257 g/mol. The number of rotatable bonds is 4. The molecule has 0 radical (unpaired) electrons. The van der Waals surface area contributed by atoms with Gasteiger partial charge in [0, 0.05) is 18.9 Å². The third-order valence-corrected chi connectivity index (χ3v) is 3.07. The molecule has 0 bridgehead atoms. The van der Waals surface area contributed by atoms with Gasteiger partial charge in [0.25, 0.3) is 0 Å². The summed E-state index contributed by atoms with van der Waals surface area (Å²) in [7, 11) is 0. The highest BCUT2D eigenvalue weighted by Crippen LogP contribution is 2.32. The van der Waals surface area contributed by atoms with Gasteiger partial charge < -0.3 is 10.4 Å². The van der Waals surface area contributed by atoms with E-state index in [0.29, 0.717) is 12.5 Å². The number of aromatic nitrogens is 1. The van der Waals surface area contributed by atoms with Crippen molar-refractivity contribution in [3.8, 4) is 0 Å². The Labute approximate surface area is 91.7 Å². The van der Waals surface area contributed by atoms with E-state index in [4.69, 9.17) is 0 Å². The van der Waals surface area contributed by atoms with Crippen LogP contribution in [0, 0.1) is 5.92 Å². The molecule has 0 saturated heterocycles. The van der Waals surface area contributed by atoms with Crippen LogP contribution in [0.2, 0.25) is 0 Å². The second-order valence-corrected chi connectivity index (χ2v) is 4.50. The Bertz CT molecular complexity index is 315. The molecule has 0 aliphatic heterocycles. The molecule has 2 rings (SSSR count). The average Bonchev–Trinajstić information content (AvgIpc) is 2.99. The minimum atomic E-state index is -0.213. The normalized spacial score (nSPS) is 17.9. The van der Waals surface area contributed by atoms with Crippen molar-refractivity contribution in [1.29, 1.82) is 0 Å². The van der Waals surface area contributed by atoms with Gasteiger partial charge in [-0.2, -0.15) is 0 Å². The van der Waals surface area contributed by atoms with Crippen LogP contribution in [0.4, 0.5) is 5.69 Å². The van der Waals surface area contributed by atoms with Gasteiger partial charge in [0.1, 0.15) is 0 Å². The van der Waals surface area contributed by atoms with Crippen molar-refractivity contribution in [2.24, 2.45) is 5.92 Å². The minimum Gasteiger partial charge on any atom is -0.391 e. The van der Waals surface area contributed by atoms with Crippen LogP contribution in [0.1, 0.15) is 12.8 Å². The van der Waals surface area contributed by atoms with Crippen LogP contribution in [0.5, 0.6) is 0 Å². The monoisotopic (exact) mass is 256 g/mol. The maximum Gasteiger partial charge on any atom is 0.0740 e. The van der Waals surface area contributed by atoms with Gasteiger partial charge >= 0.3 is 0 Å². The number of anilines is 1. The van der Waals surface area contributed by atoms with Crippen LogP contribution in [0.3, 0.4) is 0 Å². The zero-order valence-electron chi connectivity index (χ0n) is 7.78. The first-order valence-corrected chi connectivity index (χ1v) is 5.58. The van der Waals surface area contributed by atoms with Gasteiger partial charge in [0.15, 0.2) is 0 Å². The molecule has 4 heteroatoms. The van der Waals surface area contributed by atoms with Crippen molar-refractivity contribution in [1.82, 2.24) is 4.98 Å². The van der Waals surface area contributed by atoms with Gasteiger partial charge in [0.05, 0.1) is 16.3 Å². The van der Waals surface area contributed by atoms with Crippen LogP contribution in [0.25, 0.3) is 0 Å². The van der Waals surface area contributed by atoms with E-state index in [1.54, 1.807) is 12.4 Å². The standard InChI is InChI=1S/C10H13BrN2O/c11-8-5-12-4-3-9(8)13-6-10(14)7-1-2-7/h3-5,7,10,14H,1-2,6H2,(H,12,13). The summed E-state index contributed by atoms with van der Waals surface area (Å²) in [5.41, 5.74) is 0.986. The van der Waals surface area contributed by atoms with Gasteiger partial charge in [-0.05, 0) is 40.8 Å². The molecule has 1 aromatic rings. The molecule has 1 saturated carbocycles. The largest absolute Gasteiger partial charge is 0.391 e. The van der Waals surface area contributed by atoms with Crippen molar-refractivity contribution < 1.29 is 5.11 Å². The molecule has 1 aliphatic rings. The summed E-state index contributed by atoms with van der Waals surface area (Å²) in [6.45, 7) is 0.618. The summed E-state index contributed by atoms with van der Waals surface area (Å²) in [6.07, 6.45) is 5.60. The molecule has 0 aromatic carbocycles. The number of aliphatic hydroxyl groups excluding tert-OH is 1. The van der Waals surface area contributed by atoms with Crippen molar-refractivity contribution in [3.05, 3.63) is 22.9 Å². The van der Waals surface area contributed by atoms with E-state index >= 15 is 0 Å². The fourth-order valence-corrected chi connectivity index (χ4v) is 1.77. The smallest absolute Gasteiger partial charge is 0.0740 e. The summed E-state index contributed by atoms with van der Waals surface area (Å²) in [4.78, 5) is 3.97. The number of hydrogen-bond donors (Lipinski definition) is 2. The quantitative estimate of drug-likeness (QED) is 0.867. The van der Waals surface area contributed by atoms with E-state index < -0.39 is 0 Å². The highest BCUT2D eigenvalue weighted by atomic mass is 79.9. The molecule has 1 aliphatic carbocycles. The number of aliphatic hydroxyl groups is 1. The number of nitrogens with one attached hydrogen (secondary N) is 1. The Morgan fingerprint density at radius 3 is 3.07 bits per heavy atom. The first-order chi connectivity index (χ1) is 6.77. The number of nitrogens with zero attached hydrogens (tertiary/aromatic N) is 1. The highest BCUT2D eigenvalue weighted by Gasteiger charge is 2.29. The Hall–Kier alpha value is -0.610. The predicted molar refractivity (Wildman–Crippen MR) is 59.2 cm³/mol. The fourth-order valence-electron chi connectivity index (χ4n) is 1.38. The summed E-state index contributed by atoms with van der Waals surface area (Å²) >= 11 is 3.39. The Balaban J connectivity index is 1.87. The molecule has 2 N–H and O–H groups in total. The van der Waals surface area contributed by atoms with Crippen molar-refractivity contribution in [2.45, 2.75) is 18.9 Å². The lowest BCUT2D eigenvalue weighted by atomic mass is 10.2. The Kier molecular flexibility index (Phi) is 3.03. The Morgan fingerprint density at radius 1 is 1.64 bits per heavy atom. The molecule has 76 valence electrons.